The number of nitrogens with one attached hydrogen (secondary N) is 1. The molecular weight excluding hydrogens is 174 g/mol. The smallest absolute Gasteiger partial charge is 0.117 e. The topological polar surface area (TPSA) is 48.6 Å². The summed E-state index contributed by atoms with van der Waals surface area (Å²) in [5.41, 5.74) is 1.13. The van der Waals surface area contributed by atoms with Gasteiger partial charge >= 0.3 is 0 Å². The molecule has 0 aliphatic carbocycles. The second-order valence-corrected chi connectivity index (χ2v) is 2.46. The van der Waals surface area contributed by atoms with Gasteiger partial charge in [-0.1, -0.05) is 36.4 Å². The Kier molecular flexibility index (Phi) is 4.65. The summed E-state index contributed by atoms with van der Waals surface area (Å²) in [5.74, 6) is 0. The van der Waals surface area contributed by atoms with Crippen molar-refractivity contribution in [2.45, 2.75) is 0 Å². The van der Waals surface area contributed by atoms with E-state index in [1.165, 1.54) is 6.34 Å². The predicted octanol–water partition coefficient (Wildman–Crippen LogP) is 2.41. The maximum atomic E-state index is 6.60. The molecule has 3 heteroatoms. The lowest BCUT2D eigenvalue weighted by Crippen LogP contribution is -1.71. The van der Waals surface area contributed by atoms with Crippen LogP contribution in [0.2, 0.25) is 0 Å². The van der Waals surface area contributed by atoms with Crippen molar-refractivity contribution in [3.63, 3.8) is 0 Å². The normalized spacial score (nSPS) is 11.7. The van der Waals surface area contributed by atoms with Gasteiger partial charge in [-0.05, 0) is 11.6 Å². The highest BCUT2D eigenvalue weighted by molar-refractivity contribution is 5.85. The summed E-state index contributed by atoms with van der Waals surface area (Å²) in [5, 5.41) is 6.60. The van der Waals surface area contributed by atoms with Gasteiger partial charge in [-0.15, -0.1) is 0 Å². The monoisotopic (exact) mass is 185 g/mol. The molecule has 0 bridgehead atoms. The van der Waals surface area contributed by atoms with Crippen molar-refractivity contribution in [1.29, 1.82) is 5.41 Å². The lowest BCUT2D eigenvalue weighted by atomic mass is 10.2. The summed E-state index contributed by atoms with van der Waals surface area (Å²) < 4.78 is 0. The molecule has 0 aliphatic heterocycles. The van der Waals surface area contributed by atoms with Gasteiger partial charge in [-0.3, -0.25) is 5.41 Å². The van der Waals surface area contributed by atoms with Crippen LogP contribution >= 0.6 is 0 Å². The molecule has 3 nitrogen and oxygen atoms in total. The van der Waals surface area contributed by atoms with Crippen LogP contribution in [0.5, 0.6) is 0 Å². The van der Waals surface area contributed by atoms with Gasteiger partial charge in [-0.25, -0.2) is 9.98 Å². The van der Waals surface area contributed by atoms with E-state index in [2.05, 4.69) is 9.98 Å². The van der Waals surface area contributed by atoms with Crippen LogP contribution in [0.3, 0.4) is 0 Å². The summed E-state index contributed by atoms with van der Waals surface area (Å²) in [7, 11) is 0. The Morgan fingerprint density at radius 2 is 1.86 bits per heavy atom. The fraction of sp³-hybridized carbons (Fsp3) is 0. The summed E-state index contributed by atoms with van der Waals surface area (Å²) in [6.07, 6.45) is 7.66. The van der Waals surface area contributed by atoms with Crippen LogP contribution in [-0.4, -0.2) is 18.9 Å². The number of hydrogen-bond donors (Lipinski definition) is 1. The number of benzene rings is 1. The molecule has 0 fully saturated rings. The van der Waals surface area contributed by atoms with Gasteiger partial charge in [-0.2, -0.15) is 0 Å². The molecule has 0 saturated heterocycles. The van der Waals surface area contributed by atoms with Gasteiger partial charge < -0.3 is 0 Å². The Morgan fingerprint density at radius 1 is 1.07 bits per heavy atom. The molecule has 70 valence electrons. The third-order valence-electron chi connectivity index (χ3n) is 1.47. The van der Waals surface area contributed by atoms with Crippen molar-refractivity contribution >= 4 is 25.0 Å². The summed E-state index contributed by atoms with van der Waals surface area (Å²) >= 11 is 0. The molecule has 0 aromatic heterocycles. The molecule has 1 N–H and O–H groups in total. The number of aliphatic imine (C=N–C) groups is 2. The number of nitrogens with zero attached hydrogens (tertiary/aromatic N) is 2. The maximum Gasteiger partial charge on any atom is 0.117 e. The van der Waals surface area contributed by atoms with E-state index in [-0.39, 0.29) is 0 Å². The zero-order chi connectivity index (χ0) is 10.1. The van der Waals surface area contributed by atoms with Crippen LogP contribution in [0.1, 0.15) is 5.56 Å². The molecule has 1 aromatic rings. The molecule has 0 amide bonds. The lowest BCUT2D eigenvalue weighted by molar-refractivity contribution is 1.51. The summed E-state index contributed by atoms with van der Waals surface area (Å²) in [6, 6.07) is 9.95. The van der Waals surface area contributed by atoms with E-state index >= 15 is 0 Å². The fourth-order valence-electron chi connectivity index (χ4n) is 0.878. The average molecular weight is 185 g/mol. The first kappa shape index (κ1) is 10.1. The second kappa shape index (κ2) is 6.48. The van der Waals surface area contributed by atoms with Crippen LogP contribution in [0, 0.1) is 5.41 Å². The van der Waals surface area contributed by atoms with Gasteiger partial charge in [0.05, 0.1) is 0 Å². The Labute approximate surface area is 83.0 Å². The first-order valence-electron chi connectivity index (χ1n) is 4.19. The minimum atomic E-state index is 0.943. The molecule has 1 aromatic carbocycles. The second-order valence-electron chi connectivity index (χ2n) is 2.46. The zero-order valence-corrected chi connectivity index (χ0v) is 7.67. The summed E-state index contributed by atoms with van der Waals surface area (Å²) in [6.45, 7) is 0. The molecule has 0 heterocycles. The van der Waals surface area contributed by atoms with Crippen molar-refractivity contribution in [1.82, 2.24) is 0 Å². The van der Waals surface area contributed by atoms with Crippen LogP contribution in [0.15, 0.2) is 46.4 Å². The van der Waals surface area contributed by atoms with Crippen molar-refractivity contribution < 1.29 is 0 Å². The third-order valence-corrected chi connectivity index (χ3v) is 1.47. The van der Waals surface area contributed by atoms with Gasteiger partial charge in [0.1, 0.15) is 12.7 Å². The van der Waals surface area contributed by atoms with E-state index in [1.807, 2.05) is 42.5 Å². The van der Waals surface area contributed by atoms with Crippen LogP contribution in [0.25, 0.3) is 6.08 Å². The van der Waals surface area contributed by atoms with Crippen LogP contribution in [-0.2, 0) is 0 Å². The van der Waals surface area contributed by atoms with E-state index < -0.39 is 0 Å². The average Bonchev–Trinajstić information content (AvgIpc) is 2.25. The number of allylic oxidation sites excluding steroid dienone is 1. The Morgan fingerprint density at radius 3 is 2.57 bits per heavy atom. The molecule has 1 rings (SSSR count). The Balaban J connectivity index is 2.45. The first-order chi connectivity index (χ1) is 6.93. The molecule has 0 saturated carbocycles. The Hall–Kier alpha value is -2.03. The SMILES string of the molecule is N=CN=CN=CC=Cc1ccccc1. The van der Waals surface area contributed by atoms with Crippen LogP contribution in [0.4, 0.5) is 0 Å². The molecule has 0 spiro atoms. The maximum absolute atomic E-state index is 6.60. The van der Waals surface area contributed by atoms with Crippen molar-refractivity contribution in [2.24, 2.45) is 9.98 Å². The van der Waals surface area contributed by atoms with Gasteiger partial charge in [0.15, 0.2) is 0 Å². The molecule has 0 aliphatic rings. The molecule has 0 unspecified atom stereocenters. The van der Waals surface area contributed by atoms with Gasteiger partial charge in [0, 0.05) is 6.21 Å². The van der Waals surface area contributed by atoms with E-state index in [4.69, 9.17) is 5.41 Å². The minimum absolute atomic E-state index is 0.943. The summed E-state index contributed by atoms with van der Waals surface area (Å²) in [4.78, 5) is 7.32. The zero-order valence-electron chi connectivity index (χ0n) is 7.67. The lowest BCUT2D eigenvalue weighted by Gasteiger charge is -1.87. The van der Waals surface area contributed by atoms with Crippen molar-refractivity contribution in [3.05, 3.63) is 42.0 Å². The van der Waals surface area contributed by atoms with E-state index in [0.29, 0.717) is 0 Å². The first-order valence-corrected chi connectivity index (χ1v) is 4.19. The minimum Gasteiger partial charge on any atom is -0.289 e. The highest BCUT2D eigenvalue weighted by atomic mass is 14.9. The highest BCUT2D eigenvalue weighted by Gasteiger charge is 1.79. The Bertz CT molecular complexity index is 350. The third kappa shape index (κ3) is 4.11. The molecular formula is C11H11N3. The molecule has 0 radical (unpaired) electrons. The van der Waals surface area contributed by atoms with E-state index in [1.54, 1.807) is 6.21 Å². The quantitative estimate of drug-likeness (QED) is 0.553. The van der Waals surface area contributed by atoms with E-state index in [0.717, 1.165) is 11.9 Å². The standard InChI is InChI=1S/C11H11N3/c12-9-14-10-13-8-4-7-11-5-2-1-3-6-11/h1-10,12H. The number of hydrogen-bond acceptors (Lipinski definition) is 1. The van der Waals surface area contributed by atoms with Crippen molar-refractivity contribution in [2.75, 3.05) is 0 Å². The van der Waals surface area contributed by atoms with Gasteiger partial charge in [0.2, 0.25) is 0 Å². The van der Waals surface area contributed by atoms with Crippen LogP contribution < -0.4 is 0 Å². The van der Waals surface area contributed by atoms with Gasteiger partial charge in [0.25, 0.3) is 0 Å². The van der Waals surface area contributed by atoms with Crippen molar-refractivity contribution in [3.8, 4) is 0 Å². The van der Waals surface area contributed by atoms with E-state index in [9.17, 15) is 0 Å². The fourth-order valence-corrected chi connectivity index (χ4v) is 0.878. The highest BCUT2D eigenvalue weighted by Crippen LogP contribution is 1.99. The molecule has 14 heavy (non-hydrogen) atoms. The largest absolute Gasteiger partial charge is 0.289 e. The molecule has 0 atom stereocenters. The number of rotatable bonds is 4. The predicted molar refractivity (Wildman–Crippen MR) is 61.2 cm³/mol.